The number of carbonyl (C=O) groups is 1. The number of fused-ring (bicyclic) bond motifs is 1. The maximum atomic E-state index is 12.6. The molecular formula is C25H25N3O3. The lowest BCUT2D eigenvalue weighted by molar-refractivity contribution is 0.0747. The number of nitrogens with one attached hydrogen (secondary N) is 1. The third-order valence-corrected chi connectivity index (χ3v) is 5.75. The van der Waals surface area contributed by atoms with E-state index in [4.69, 9.17) is 9.47 Å². The molecule has 3 aromatic carbocycles. The highest BCUT2D eigenvalue weighted by molar-refractivity contribution is 5.94. The van der Waals surface area contributed by atoms with Crippen molar-refractivity contribution < 1.29 is 14.3 Å². The van der Waals surface area contributed by atoms with Crippen molar-refractivity contribution in [1.82, 2.24) is 4.90 Å². The molecule has 0 spiro atoms. The zero-order valence-electron chi connectivity index (χ0n) is 17.3. The third kappa shape index (κ3) is 4.28. The predicted octanol–water partition coefficient (Wildman–Crippen LogP) is 3.99. The van der Waals surface area contributed by atoms with Gasteiger partial charge in [0.1, 0.15) is 0 Å². The van der Waals surface area contributed by atoms with E-state index >= 15 is 0 Å². The van der Waals surface area contributed by atoms with E-state index in [9.17, 15) is 4.79 Å². The van der Waals surface area contributed by atoms with Crippen molar-refractivity contribution in [1.29, 1.82) is 0 Å². The van der Waals surface area contributed by atoms with Crippen LogP contribution in [0.15, 0.2) is 72.8 Å². The van der Waals surface area contributed by atoms with Crippen molar-refractivity contribution in [3.05, 3.63) is 83.9 Å². The quantitative estimate of drug-likeness (QED) is 0.683. The molecule has 2 aliphatic heterocycles. The van der Waals surface area contributed by atoms with Gasteiger partial charge in [-0.1, -0.05) is 24.3 Å². The van der Waals surface area contributed by atoms with Crippen LogP contribution >= 0.6 is 0 Å². The van der Waals surface area contributed by atoms with Crippen LogP contribution in [0.5, 0.6) is 11.5 Å². The molecule has 0 saturated carbocycles. The number of benzene rings is 3. The van der Waals surface area contributed by atoms with Crippen molar-refractivity contribution in [3.8, 4) is 11.5 Å². The van der Waals surface area contributed by atoms with E-state index in [0.717, 1.165) is 61.0 Å². The van der Waals surface area contributed by atoms with E-state index in [1.165, 1.54) is 5.69 Å². The summed E-state index contributed by atoms with van der Waals surface area (Å²) in [6.45, 7) is 4.15. The molecule has 0 aliphatic carbocycles. The Kier molecular flexibility index (Phi) is 5.35. The van der Waals surface area contributed by atoms with E-state index in [0.29, 0.717) is 6.79 Å². The van der Waals surface area contributed by atoms with Gasteiger partial charge in [0.05, 0.1) is 0 Å². The lowest BCUT2D eigenvalue weighted by Gasteiger charge is -2.36. The first kappa shape index (κ1) is 19.3. The molecule has 5 rings (SSSR count). The number of ether oxygens (including phenoxy) is 2. The topological polar surface area (TPSA) is 54.0 Å². The molecule has 158 valence electrons. The first-order valence-corrected chi connectivity index (χ1v) is 10.6. The van der Waals surface area contributed by atoms with Crippen LogP contribution in [0.25, 0.3) is 0 Å². The highest BCUT2D eigenvalue weighted by Gasteiger charge is 2.22. The monoisotopic (exact) mass is 415 g/mol. The third-order valence-electron chi connectivity index (χ3n) is 5.75. The number of carbonyl (C=O) groups excluding carboxylic acids is 1. The van der Waals surface area contributed by atoms with Crippen LogP contribution in [0.4, 0.5) is 11.4 Å². The van der Waals surface area contributed by atoms with E-state index in [1.54, 1.807) is 0 Å². The summed E-state index contributed by atoms with van der Waals surface area (Å²) in [5.74, 6) is 1.72. The van der Waals surface area contributed by atoms with Gasteiger partial charge in [-0.2, -0.15) is 0 Å². The number of anilines is 2. The molecule has 1 fully saturated rings. The Morgan fingerprint density at radius 1 is 0.839 bits per heavy atom. The van der Waals surface area contributed by atoms with Crippen LogP contribution in [-0.4, -0.2) is 43.8 Å². The van der Waals surface area contributed by atoms with Crippen molar-refractivity contribution in [2.24, 2.45) is 0 Å². The van der Waals surface area contributed by atoms with Crippen LogP contribution in [0.3, 0.4) is 0 Å². The van der Waals surface area contributed by atoms with Gasteiger partial charge in [-0.3, -0.25) is 4.79 Å². The average molecular weight is 415 g/mol. The van der Waals surface area contributed by atoms with Gasteiger partial charge in [-0.05, 0) is 54.1 Å². The van der Waals surface area contributed by atoms with Crippen LogP contribution in [0, 0.1) is 0 Å². The fourth-order valence-electron chi connectivity index (χ4n) is 3.98. The summed E-state index contributed by atoms with van der Waals surface area (Å²) >= 11 is 0. The molecule has 6 nitrogen and oxygen atoms in total. The van der Waals surface area contributed by atoms with Gasteiger partial charge in [0, 0.05) is 49.7 Å². The molecule has 2 heterocycles. The van der Waals surface area contributed by atoms with Crippen molar-refractivity contribution >= 4 is 17.3 Å². The van der Waals surface area contributed by atoms with Gasteiger partial charge in [0.15, 0.2) is 11.5 Å². The van der Waals surface area contributed by atoms with Crippen molar-refractivity contribution in [3.63, 3.8) is 0 Å². The Hall–Kier alpha value is -3.67. The second kappa shape index (κ2) is 8.60. The molecular weight excluding hydrogens is 390 g/mol. The summed E-state index contributed by atoms with van der Waals surface area (Å²) in [6, 6.07) is 24.0. The second-order valence-corrected chi connectivity index (χ2v) is 7.73. The van der Waals surface area contributed by atoms with Crippen LogP contribution in [0.2, 0.25) is 0 Å². The average Bonchev–Trinajstić information content (AvgIpc) is 3.31. The lowest BCUT2D eigenvalue weighted by atomic mass is 10.1. The minimum absolute atomic E-state index is 0.114. The maximum absolute atomic E-state index is 12.6. The normalized spacial score (nSPS) is 15.1. The van der Waals surface area contributed by atoms with Gasteiger partial charge >= 0.3 is 0 Å². The number of amides is 1. The van der Waals surface area contributed by atoms with Crippen molar-refractivity contribution in [2.75, 3.05) is 43.2 Å². The van der Waals surface area contributed by atoms with E-state index in [2.05, 4.69) is 34.5 Å². The molecule has 1 saturated heterocycles. The molecule has 0 bridgehead atoms. The molecule has 0 unspecified atom stereocenters. The Morgan fingerprint density at radius 3 is 2.35 bits per heavy atom. The number of piperazine rings is 1. The smallest absolute Gasteiger partial charge is 0.253 e. The first-order chi connectivity index (χ1) is 15.3. The molecule has 3 aromatic rings. The fourth-order valence-corrected chi connectivity index (χ4v) is 3.98. The van der Waals surface area contributed by atoms with E-state index < -0.39 is 0 Å². The number of hydrogen-bond acceptors (Lipinski definition) is 5. The van der Waals surface area contributed by atoms with Crippen LogP contribution < -0.4 is 19.7 Å². The summed E-state index contributed by atoms with van der Waals surface area (Å²) in [4.78, 5) is 16.9. The highest BCUT2D eigenvalue weighted by Crippen LogP contribution is 2.32. The molecule has 0 aromatic heterocycles. The zero-order chi connectivity index (χ0) is 21.0. The standard InChI is InChI=1S/C25H25N3O3/c29-25(20-4-2-1-3-5-20)28-14-12-27(13-15-28)22-9-7-21(8-10-22)26-17-19-6-11-23-24(16-19)31-18-30-23/h1-11,16,26H,12-15,17-18H2. The van der Waals surface area contributed by atoms with Crippen molar-refractivity contribution in [2.45, 2.75) is 6.54 Å². The van der Waals surface area contributed by atoms with Gasteiger partial charge in [0.2, 0.25) is 6.79 Å². The van der Waals surface area contributed by atoms with Gasteiger partial charge in [0.25, 0.3) is 5.91 Å². The number of hydrogen-bond donors (Lipinski definition) is 1. The molecule has 31 heavy (non-hydrogen) atoms. The first-order valence-electron chi connectivity index (χ1n) is 10.6. The lowest BCUT2D eigenvalue weighted by Crippen LogP contribution is -2.48. The van der Waals surface area contributed by atoms with E-state index in [-0.39, 0.29) is 5.91 Å². The number of nitrogens with zero attached hydrogens (tertiary/aromatic N) is 2. The SMILES string of the molecule is O=C(c1ccccc1)N1CCN(c2ccc(NCc3ccc4c(c3)OCO4)cc2)CC1. The minimum Gasteiger partial charge on any atom is -0.454 e. The highest BCUT2D eigenvalue weighted by atomic mass is 16.7. The molecule has 6 heteroatoms. The van der Waals surface area contributed by atoms with Gasteiger partial charge < -0.3 is 24.6 Å². The zero-order valence-corrected chi connectivity index (χ0v) is 17.3. The Labute approximate surface area is 182 Å². The summed E-state index contributed by atoms with van der Waals surface area (Å²) < 4.78 is 10.8. The molecule has 0 radical (unpaired) electrons. The Morgan fingerprint density at radius 2 is 1.58 bits per heavy atom. The molecule has 1 N–H and O–H groups in total. The van der Waals surface area contributed by atoms with Gasteiger partial charge in [-0.15, -0.1) is 0 Å². The van der Waals surface area contributed by atoms with Crippen LogP contribution in [0.1, 0.15) is 15.9 Å². The summed E-state index contributed by atoms with van der Waals surface area (Å²) in [5.41, 5.74) is 4.15. The second-order valence-electron chi connectivity index (χ2n) is 7.73. The predicted molar refractivity (Wildman–Crippen MR) is 121 cm³/mol. The summed E-state index contributed by atoms with van der Waals surface area (Å²) in [7, 11) is 0. The van der Waals surface area contributed by atoms with Gasteiger partial charge in [-0.25, -0.2) is 0 Å². The largest absolute Gasteiger partial charge is 0.454 e. The fraction of sp³-hybridized carbons (Fsp3) is 0.240. The molecule has 2 aliphatic rings. The summed E-state index contributed by atoms with van der Waals surface area (Å²) in [5, 5.41) is 3.45. The maximum Gasteiger partial charge on any atom is 0.253 e. The summed E-state index contributed by atoms with van der Waals surface area (Å²) in [6.07, 6.45) is 0. The minimum atomic E-state index is 0.114. The van der Waals surface area contributed by atoms with E-state index in [1.807, 2.05) is 53.4 Å². The Bertz CT molecular complexity index is 1050. The molecule has 1 amide bonds. The van der Waals surface area contributed by atoms with Crippen LogP contribution in [-0.2, 0) is 6.54 Å². The Balaban J connectivity index is 1.14. The number of rotatable bonds is 5. The molecule has 0 atom stereocenters.